The average molecular weight is 282 g/mol. The molecule has 1 atom stereocenters. The highest BCUT2D eigenvalue weighted by Gasteiger charge is 2.24. The monoisotopic (exact) mass is 282 g/mol. The number of pyridine rings is 1. The van der Waals surface area contributed by atoms with Crippen molar-refractivity contribution in [3.63, 3.8) is 0 Å². The minimum atomic E-state index is -3.96. The van der Waals surface area contributed by atoms with Gasteiger partial charge in [0.05, 0.1) is 6.04 Å². The first kappa shape index (κ1) is 15.1. The van der Waals surface area contributed by atoms with Crippen LogP contribution < -0.4 is 10.0 Å². The molecule has 7 nitrogen and oxygen atoms in total. The van der Waals surface area contributed by atoms with Crippen LogP contribution >= 0.6 is 0 Å². The maximum Gasteiger partial charge on any atom is 0.244 e. The normalized spacial score (nSPS) is 12.5. The minimum Gasteiger partial charge on any atom is -0.355 e. The molecule has 1 aromatic rings. The minimum absolute atomic E-state index is 0.210. The van der Waals surface area contributed by atoms with E-state index in [2.05, 4.69) is 15.0 Å². The molecule has 102 valence electrons. The van der Waals surface area contributed by atoms with E-state index in [-0.39, 0.29) is 10.6 Å². The van der Waals surface area contributed by atoms with Crippen molar-refractivity contribution >= 4 is 15.9 Å². The second-order valence-corrected chi connectivity index (χ2v) is 5.38. The number of nitriles is 1. The van der Waals surface area contributed by atoms with E-state index in [1.54, 1.807) is 13.0 Å². The van der Waals surface area contributed by atoms with Gasteiger partial charge in [-0.25, -0.2) is 13.4 Å². The fraction of sp³-hybridized carbons (Fsp3) is 0.364. The first-order valence-electron chi connectivity index (χ1n) is 5.57. The lowest BCUT2D eigenvalue weighted by Crippen LogP contribution is -2.44. The second kappa shape index (κ2) is 6.26. The number of hydrogen-bond donors (Lipinski definition) is 2. The van der Waals surface area contributed by atoms with Gasteiger partial charge in [-0.05, 0) is 26.0 Å². The number of sulfonamides is 1. The zero-order valence-electron chi connectivity index (χ0n) is 10.5. The van der Waals surface area contributed by atoms with E-state index in [4.69, 9.17) is 5.26 Å². The standard InChI is InChI=1S/C11H14N4O3S/c1-3-13-11(16)8(2)15-19(17,18)10-5-4-6-14-9(10)7-12/h4-6,8,15H,3H2,1-2H3,(H,13,16). The van der Waals surface area contributed by atoms with Crippen LogP contribution in [0.3, 0.4) is 0 Å². The van der Waals surface area contributed by atoms with Crippen molar-refractivity contribution in [3.8, 4) is 6.07 Å². The Bertz CT molecular complexity index is 607. The summed E-state index contributed by atoms with van der Waals surface area (Å²) < 4.78 is 26.3. The summed E-state index contributed by atoms with van der Waals surface area (Å²) in [5.74, 6) is -0.437. The van der Waals surface area contributed by atoms with Crippen LogP contribution in [0.4, 0.5) is 0 Å². The lowest BCUT2D eigenvalue weighted by Gasteiger charge is -2.13. The number of nitrogens with one attached hydrogen (secondary N) is 2. The van der Waals surface area contributed by atoms with Gasteiger partial charge in [0, 0.05) is 12.7 Å². The topological polar surface area (TPSA) is 112 Å². The molecule has 0 aliphatic rings. The molecule has 0 spiro atoms. The maximum atomic E-state index is 12.0. The first-order chi connectivity index (χ1) is 8.92. The van der Waals surface area contributed by atoms with Crippen LogP contribution in [0.25, 0.3) is 0 Å². The molecule has 0 aliphatic heterocycles. The molecule has 19 heavy (non-hydrogen) atoms. The Balaban J connectivity index is 3.00. The first-order valence-corrected chi connectivity index (χ1v) is 7.05. The number of hydrogen-bond acceptors (Lipinski definition) is 5. The molecule has 0 bridgehead atoms. The largest absolute Gasteiger partial charge is 0.355 e. The summed E-state index contributed by atoms with van der Waals surface area (Å²) in [5.41, 5.74) is -0.210. The number of carbonyl (C=O) groups excluding carboxylic acids is 1. The molecular formula is C11H14N4O3S. The number of amides is 1. The van der Waals surface area contributed by atoms with Crippen LogP contribution in [-0.4, -0.2) is 31.9 Å². The van der Waals surface area contributed by atoms with Gasteiger partial charge < -0.3 is 5.32 Å². The molecule has 0 saturated heterocycles. The zero-order chi connectivity index (χ0) is 14.5. The zero-order valence-corrected chi connectivity index (χ0v) is 11.4. The van der Waals surface area contributed by atoms with Crippen molar-refractivity contribution in [2.75, 3.05) is 6.54 Å². The molecular weight excluding hydrogens is 268 g/mol. The van der Waals surface area contributed by atoms with Crippen molar-refractivity contribution in [2.45, 2.75) is 24.8 Å². The van der Waals surface area contributed by atoms with Crippen LogP contribution in [0, 0.1) is 11.3 Å². The molecule has 1 rings (SSSR count). The van der Waals surface area contributed by atoms with Gasteiger partial charge >= 0.3 is 0 Å². The van der Waals surface area contributed by atoms with Crippen molar-refractivity contribution in [1.29, 1.82) is 5.26 Å². The van der Waals surface area contributed by atoms with Gasteiger partial charge in [-0.15, -0.1) is 0 Å². The van der Waals surface area contributed by atoms with Gasteiger partial charge in [0.15, 0.2) is 5.69 Å². The third-order valence-electron chi connectivity index (χ3n) is 2.24. The SMILES string of the molecule is CCNC(=O)C(C)NS(=O)(=O)c1cccnc1C#N. The summed E-state index contributed by atoms with van der Waals surface area (Å²) in [4.78, 5) is 14.9. The van der Waals surface area contributed by atoms with E-state index in [1.807, 2.05) is 0 Å². The molecule has 1 heterocycles. The number of carbonyl (C=O) groups is 1. The predicted molar refractivity (Wildman–Crippen MR) is 67.4 cm³/mol. The number of aromatic nitrogens is 1. The highest BCUT2D eigenvalue weighted by Crippen LogP contribution is 2.12. The summed E-state index contributed by atoms with van der Waals surface area (Å²) in [6, 6.07) is 3.44. The molecule has 1 unspecified atom stereocenters. The molecule has 0 aliphatic carbocycles. The van der Waals surface area contributed by atoms with Crippen molar-refractivity contribution in [3.05, 3.63) is 24.0 Å². The van der Waals surface area contributed by atoms with Crippen LogP contribution in [0.2, 0.25) is 0 Å². The van der Waals surface area contributed by atoms with E-state index >= 15 is 0 Å². The molecule has 8 heteroatoms. The molecule has 2 N–H and O–H groups in total. The quantitative estimate of drug-likeness (QED) is 0.773. The Morgan fingerprint density at radius 2 is 2.26 bits per heavy atom. The molecule has 0 radical (unpaired) electrons. The van der Waals surface area contributed by atoms with E-state index in [1.165, 1.54) is 25.3 Å². The van der Waals surface area contributed by atoms with E-state index < -0.39 is 22.0 Å². The van der Waals surface area contributed by atoms with Crippen molar-refractivity contribution in [2.24, 2.45) is 0 Å². The number of likely N-dealkylation sites (N-methyl/N-ethyl adjacent to an activating group) is 1. The highest BCUT2D eigenvalue weighted by atomic mass is 32.2. The van der Waals surface area contributed by atoms with Crippen LogP contribution in [0.1, 0.15) is 19.5 Å². The molecule has 1 amide bonds. The molecule has 0 aromatic carbocycles. The Kier molecular flexibility index (Phi) is 4.97. The summed E-state index contributed by atoms with van der Waals surface area (Å²) in [6.45, 7) is 3.56. The third kappa shape index (κ3) is 3.74. The summed E-state index contributed by atoms with van der Waals surface area (Å²) in [7, 11) is -3.96. The smallest absolute Gasteiger partial charge is 0.244 e. The third-order valence-corrected chi connectivity index (χ3v) is 3.81. The van der Waals surface area contributed by atoms with E-state index in [9.17, 15) is 13.2 Å². The van der Waals surface area contributed by atoms with Gasteiger partial charge in [-0.3, -0.25) is 4.79 Å². The summed E-state index contributed by atoms with van der Waals surface area (Å²) in [6.07, 6.45) is 1.32. The lowest BCUT2D eigenvalue weighted by atomic mass is 10.3. The van der Waals surface area contributed by atoms with Gasteiger partial charge in [-0.1, -0.05) is 0 Å². The van der Waals surface area contributed by atoms with Gasteiger partial charge in [-0.2, -0.15) is 9.98 Å². The number of rotatable bonds is 5. The lowest BCUT2D eigenvalue weighted by molar-refractivity contribution is -0.122. The van der Waals surface area contributed by atoms with Crippen LogP contribution in [-0.2, 0) is 14.8 Å². The Labute approximate surface area is 111 Å². The van der Waals surface area contributed by atoms with Crippen molar-refractivity contribution in [1.82, 2.24) is 15.0 Å². The van der Waals surface area contributed by atoms with Crippen LogP contribution in [0.15, 0.2) is 23.2 Å². The van der Waals surface area contributed by atoms with Gasteiger partial charge in [0.1, 0.15) is 11.0 Å². The highest BCUT2D eigenvalue weighted by molar-refractivity contribution is 7.89. The fourth-order valence-corrected chi connectivity index (χ4v) is 2.68. The molecule has 0 saturated carbocycles. The van der Waals surface area contributed by atoms with E-state index in [0.717, 1.165) is 0 Å². The Morgan fingerprint density at radius 1 is 1.58 bits per heavy atom. The molecule has 1 aromatic heterocycles. The fourth-order valence-electron chi connectivity index (χ4n) is 1.37. The summed E-state index contributed by atoms with van der Waals surface area (Å²) in [5, 5.41) is 11.3. The Morgan fingerprint density at radius 3 is 2.84 bits per heavy atom. The summed E-state index contributed by atoms with van der Waals surface area (Å²) >= 11 is 0. The number of nitrogens with zero attached hydrogens (tertiary/aromatic N) is 2. The Hall–Kier alpha value is -1.98. The van der Waals surface area contributed by atoms with Crippen LogP contribution in [0.5, 0.6) is 0 Å². The van der Waals surface area contributed by atoms with Gasteiger partial charge in [0.2, 0.25) is 15.9 Å². The molecule has 0 fully saturated rings. The van der Waals surface area contributed by atoms with E-state index in [0.29, 0.717) is 6.54 Å². The van der Waals surface area contributed by atoms with Gasteiger partial charge in [0.25, 0.3) is 0 Å². The maximum absolute atomic E-state index is 12.0. The second-order valence-electron chi connectivity index (χ2n) is 3.70. The predicted octanol–water partition coefficient (Wildman–Crippen LogP) is -0.244. The van der Waals surface area contributed by atoms with Crippen molar-refractivity contribution < 1.29 is 13.2 Å². The average Bonchev–Trinajstić information content (AvgIpc) is 2.38.